The fourth-order valence-corrected chi connectivity index (χ4v) is 7.15. The topological polar surface area (TPSA) is 132 Å². The van der Waals surface area contributed by atoms with Gasteiger partial charge in [-0.15, -0.1) is 0 Å². The van der Waals surface area contributed by atoms with Crippen molar-refractivity contribution < 1.29 is 45.6 Å². The van der Waals surface area contributed by atoms with Gasteiger partial charge < -0.3 is 46.7 Å². The molecule has 0 rings (SSSR count). The molecule has 0 saturated heterocycles. The molecule has 0 fully saturated rings. The molecule has 0 radical (unpaired) electrons. The van der Waals surface area contributed by atoms with Crippen LogP contribution < -0.4 is 10.6 Å². The summed E-state index contributed by atoms with van der Waals surface area (Å²) >= 11 is 0. The van der Waals surface area contributed by atoms with Crippen LogP contribution in [0.5, 0.6) is 0 Å². The molecule has 0 unspecified atom stereocenters. The maximum Gasteiger partial charge on any atom is 0.500 e. The van der Waals surface area contributed by atoms with E-state index in [9.17, 15) is 9.59 Å². The second kappa shape index (κ2) is 25.0. The first-order valence-corrected chi connectivity index (χ1v) is 17.6. The first kappa shape index (κ1) is 38.2. The Morgan fingerprint density at radius 2 is 0.875 bits per heavy atom. The average molecular weight is 609 g/mol. The van der Waals surface area contributed by atoms with Gasteiger partial charge >= 0.3 is 29.8 Å². The van der Waals surface area contributed by atoms with Gasteiger partial charge in [0.05, 0.1) is 0 Å². The van der Waals surface area contributed by atoms with Crippen LogP contribution in [0.4, 0.5) is 9.59 Å². The lowest BCUT2D eigenvalue weighted by Gasteiger charge is -2.24. The predicted octanol–water partition coefficient (Wildman–Crippen LogP) is 4.43. The molecule has 0 aliphatic rings. The lowest BCUT2D eigenvalue weighted by molar-refractivity contribution is 0.122. The van der Waals surface area contributed by atoms with Gasteiger partial charge in [0.1, 0.15) is 13.2 Å². The van der Waals surface area contributed by atoms with Crippen molar-refractivity contribution >= 4 is 29.8 Å². The van der Waals surface area contributed by atoms with Gasteiger partial charge in [0, 0.05) is 67.8 Å². The van der Waals surface area contributed by atoms with Gasteiger partial charge in [-0.2, -0.15) is 0 Å². The van der Waals surface area contributed by atoms with E-state index in [0.717, 1.165) is 38.5 Å². The van der Waals surface area contributed by atoms with Crippen LogP contribution in [-0.2, 0) is 36.0 Å². The van der Waals surface area contributed by atoms with E-state index >= 15 is 0 Å². The Morgan fingerprint density at radius 1 is 0.525 bits per heavy atom. The van der Waals surface area contributed by atoms with Gasteiger partial charge in [0.15, 0.2) is 0 Å². The molecule has 2 N–H and O–H groups in total. The fourth-order valence-electron chi connectivity index (χ4n) is 3.70. The van der Waals surface area contributed by atoms with Crippen molar-refractivity contribution in [2.24, 2.45) is 0 Å². The van der Waals surface area contributed by atoms with Gasteiger partial charge in [-0.3, -0.25) is 0 Å². The molecule has 0 saturated carbocycles. The second-order valence-corrected chi connectivity index (χ2v) is 15.0. The minimum Gasteiger partial charge on any atom is -0.445 e. The molecule has 40 heavy (non-hydrogen) atoms. The number of unbranched alkanes of at least 4 members (excludes halogenated alkanes) is 5. The number of amides is 2. The number of alkyl carbamates (subject to hydrolysis) is 2. The van der Waals surface area contributed by atoms with E-state index in [1.165, 1.54) is 0 Å². The van der Waals surface area contributed by atoms with Crippen LogP contribution in [0, 0.1) is 0 Å². The van der Waals surface area contributed by atoms with E-state index in [4.69, 9.17) is 36.0 Å². The molecule has 0 spiro atoms. The second-order valence-electron chi connectivity index (χ2n) is 8.78. The molecule has 14 heteroatoms. The summed E-state index contributed by atoms with van der Waals surface area (Å²) in [5.41, 5.74) is 0. The molecule has 0 aliphatic carbocycles. The molecule has 0 bridgehead atoms. The van der Waals surface area contributed by atoms with Crippen molar-refractivity contribution in [2.45, 2.75) is 63.5 Å². The zero-order valence-corrected chi connectivity index (χ0v) is 27.3. The number of rotatable bonds is 25. The third kappa shape index (κ3) is 18.5. The standard InChI is InChI=1S/C26H52N2O10Si2/c1-31-39(32-2,33-3)23-17-19-27-25(29)37-21-15-13-11-9-7-8-10-12-14-16-22-38-26(30)28-20-18-24-40(34-4,35-5)36-6/h13-16H,7-12,17-24H2,1-6H3,(H,27,29)(H,28,30)/b15-13+,16-14?. The summed E-state index contributed by atoms with van der Waals surface area (Å²) in [6, 6.07) is 1.23. The van der Waals surface area contributed by atoms with Gasteiger partial charge in [-0.05, 0) is 38.5 Å². The zero-order valence-electron chi connectivity index (χ0n) is 25.3. The van der Waals surface area contributed by atoms with Gasteiger partial charge in [-0.25, -0.2) is 9.59 Å². The molecular weight excluding hydrogens is 556 g/mol. The van der Waals surface area contributed by atoms with Crippen molar-refractivity contribution in [3.63, 3.8) is 0 Å². The summed E-state index contributed by atoms with van der Waals surface area (Å²) in [4.78, 5) is 23.5. The van der Waals surface area contributed by atoms with Crippen molar-refractivity contribution in [3.05, 3.63) is 24.3 Å². The smallest absolute Gasteiger partial charge is 0.445 e. The first-order chi connectivity index (χ1) is 19.4. The van der Waals surface area contributed by atoms with Crippen LogP contribution in [-0.4, -0.2) is 98.8 Å². The van der Waals surface area contributed by atoms with Crippen molar-refractivity contribution in [1.29, 1.82) is 0 Å². The minimum absolute atomic E-state index is 0.251. The highest BCUT2D eigenvalue weighted by Crippen LogP contribution is 2.15. The van der Waals surface area contributed by atoms with Crippen LogP contribution in [0.15, 0.2) is 24.3 Å². The van der Waals surface area contributed by atoms with Gasteiger partial charge in [-0.1, -0.05) is 37.1 Å². The van der Waals surface area contributed by atoms with Crippen molar-refractivity contribution in [1.82, 2.24) is 10.6 Å². The third-order valence-electron chi connectivity index (χ3n) is 6.17. The van der Waals surface area contributed by atoms with Crippen molar-refractivity contribution in [3.8, 4) is 0 Å². The summed E-state index contributed by atoms with van der Waals surface area (Å²) in [6.07, 6.45) is 14.6. The number of nitrogens with one attached hydrogen (secondary N) is 2. The van der Waals surface area contributed by atoms with E-state index < -0.39 is 29.8 Å². The Balaban J connectivity index is 3.62. The SMILES string of the molecule is CO[Si](CCCNC(=O)OCC=CCCCCCC/C=C/COC(=O)NCCC[Si](OC)(OC)OC)(OC)OC. The molecule has 234 valence electrons. The number of ether oxygens (including phenoxy) is 2. The summed E-state index contributed by atoms with van der Waals surface area (Å²) in [5, 5.41) is 5.43. The van der Waals surface area contributed by atoms with E-state index in [1.54, 1.807) is 42.7 Å². The van der Waals surface area contributed by atoms with Crippen LogP contribution in [0.25, 0.3) is 0 Å². The van der Waals surface area contributed by atoms with Gasteiger partial charge in [0.2, 0.25) is 0 Å². The molecular formula is C26H52N2O10Si2. The molecule has 0 atom stereocenters. The summed E-state index contributed by atoms with van der Waals surface area (Å²) < 4.78 is 42.3. The summed E-state index contributed by atoms with van der Waals surface area (Å²) in [5.74, 6) is 0. The normalized spacial score (nSPS) is 12.2. The molecule has 2 amide bonds. The van der Waals surface area contributed by atoms with Gasteiger partial charge in [0.25, 0.3) is 0 Å². The molecule has 0 aromatic rings. The molecule has 0 aliphatic heterocycles. The van der Waals surface area contributed by atoms with E-state index in [0.29, 0.717) is 38.0 Å². The lowest BCUT2D eigenvalue weighted by atomic mass is 10.1. The number of hydrogen-bond acceptors (Lipinski definition) is 10. The number of hydrogen-bond donors (Lipinski definition) is 2. The maximum absolute atomic E-state index is 11.7. The van der Waals surface area contributed by atoms with Crippen molar-refractivity contribution in [2.75, 3.05) is 69.0 Å². The fraction of sp³-hybridized carbons (Fsp3) is 0.769. The Labute approximate surface area is 242 Å². The quantitative estimate of drug-likeness (QED) is 0.0872. The zero-order chi connectivity index (χ0) is 30.0. The monoisotopic (exact) mass is 608 g/mol. The molecule has 12 nitrogen and oxygen atoms in total. The largest absolute Gasteiger partial charge is 0.500 e. The highest BCUT2D eigenvalue weighted by Gasteiger charge is 2.37. The van der Waals surface area contributed by atoms with E-state index in [1.807, 2.05) is 24.3 Å². The molecule has 0 aromatic carbocycles. The van der Waals surface area contributed by atoms with E-state index in [-0.39, 0.29) is 13.2 Å². The first-order valence-electron chi connectivity index (χ1n) is 13.8. The molecule has 0 aromatic heterocycles. The predicted molar refractivity (Wildman–Crippen MR) is 157 cm³/mol. The Morgan fingerprint density at radius 3 is 1.20 bits per heavy atom. The van der Waals surface area contributed by atoms with Crippen LogP contribution in [0.1, 0.15) is 51.4 Å². The highest BCUT2D eigenvalue weighted by molar-refractivity contribution is 6.60. The Bertz CT molecular complexity index is 630. The van der Waals surface area contributed by atoms with Crippen LogP contribution in [0.3, 0.4) is 0 Å². The number of allylic oxidation sites excluding steroid dienone is 2. The summed E-state index contributed by atoms with van der Waals surface area (Å²) in [6.45, 7) is 1.43. The third-order valence-corrected chi connectivity index (χ3v) is 11.8. The Hall–Kier alpha value is -1.79. The van der Waals surface area contributed by atoms with Crippen LogP contribution >= 0.6 is 0 Å². The van der Waals surface area contributed by atoms with Crippen LogP contribution in [0.2, 0.25) is 12.1 Å². The average Bonchev–Trinajstić information content (AvgIpc) is 2.98. The minimum atomic E-state index is -2.60. The van der Waals surface area contributed by atoms with E-state index in [2.05, 4.69) is 10.6 Å². The number of carbonyl (C=O) groups excluding carboxylic acids is 2. The lowest BCUT2D eigenvalue weighted by Crippen LogP contribution is -2.43. The Kier molecular flexibility index (Phi) is 23.9. The summed E-state index contributed by atoms with van der Waals surface area (Å²) in [7, 11) is 4.21. The number of carbonyl (C=O) groups is 2. The molecule has 0 heterocycles. The highest BCUT2D eigenvalue weighted by atomic mass is 28.4. The maximum atomic E-state index is 11.7.